The number of benzene rings is 1. The molecule has 1 aliphatic rings. The molecule has 8 heteroatoms. The topological polar surface area (TPSA) is 90.3 Å². The van der Waals surface area contributed by atoms with Gasteiger partial charge in [0.15, 0.2) is 6.10 Å². The number of rotatable bonds is 4. The van der Waals surface area contributed by atoms with E-state index in [0.717, 1.165) is 35.6 Å². The number of esters is 1. The van der Waals surface area contributed by atoms with Crippen LogP contribution in [0.3, 0.4) is 0 Å². The third kappa shape index (κ3) is 3.55. The summed E-state index contributed by atoms with van der Waals surface area (Å²) in [4.78, 5) is 43.2. The smallest absolute Gasteiger partial charge is 0.349 e. The number of aromatic nitrogens is 2. The fourth-order valence-corrected chi connectivity index (χ4v) is 4.49. The zero-order valence-electron chi connectivity index (χ0n) is 16.4. The van der Waals surface area contributed by atoms with Crippen LogP contribution in [-0.2, 0) is 22.5 Å². The van der Waals surface area contributed by atoms with Crippen molar-refractivity contribution in [1.29, 1.82) is 0 Å². The summed E-state index contributed by atoms with van der Waals surface area (Å²) >= 11 is 1.14. The van der Waals surface area contributed by atoms with E-state index in [1.165, 1.54) is 6.92 Å². The Kier molecular flexibility index (Phi) is 4.96. The summed E-state index contributed by atoms with van der Waals surface area (Å²) in [6.07, 6.45) is 0.687. The number of carbonyl (C=O) groups is 2. The molecule has 1 aromatic carbocycles. The van der Waals surface area contributed by atoms with Gasteiger partial charge >= 0.3 is 5.97 Å². The van der Waals surface area contributed by atoms with Crippen molar-refractivity contribution in [1.82, 2.24) is 9.55 Å². The van der Waals surface area contributed by atoms with Crippen molar-refractivity contribution in [3.8, 4) is 0 Å². The minimum Gasteiger partial charge on any atom is -0.448 e. The van der Waals surface area contributed by atoms with Gasteiger partial charge in [-0.3, -0.25) is 14.2 Å². The Morgan fingerprint density at radius 1 is 1.24 bits per heavy atom. The van der Waals surface area contributed by atoms with Crippen molar-refractivity contribution in [3.63, 3.8) is 0 Å². The molecule has 150 valence electrons. The number of nitrogens with zero attached hydrogens (tertiary/aromatic N) is 2. The molecule has 1 amide bonds. The van der Waals surface area contributed by atoms with Crippen molar-refractivity contribution in [2.75, 3.05) is 5.32 Å². The second kappa shape index (κ2) is 7.44. The Labute approximate surface area is 171 Å². The van der Waals surface area contributed by atoms with E-state index in [-0.39, 0.29) is 5.56 Å². The molecule has 1 aliphatic heterocycles. The molecule has 0 saturated heterocycles. The number of thiophene rings is 1. The summed E-state index contributed by atoms with van der Waals surface area (Å²) in [5.41, 5.74) is 2.16. The number of aryl methyl sites for hydroxylation is 3. The zero-order chi connectivity index (χ0) is 20.7. The van der Waals surface area contributed by atoms with Gasteiger partial charge in [0.25, 0.3) is 11.5 Å². The van der Waals surface area contributed by atoms with Crippen molar-refractivity contribution in [3.05, 3.63) is 56.4 Å². The second-order valence-corrected chi connectivity index (χ2v) is 8.23. The molecule has 0 radical (unpaired) electrons. The molecule has 0 spiro atoms. The quantitative estimate of drug-likeness (QED) is 0.666. The molecule has 0 fully saturated rings. The van der Waals surface area contributed by atoms with Gasteiger partial charge in [-0.2, -0.15) is 0 Å². The molecule has 0 bridgehead atoms. The molecule has 0 unspecified atom stereocenters. The number of hydrogen-bond acceptors (Lipinski definition) is 6. The second-order valence-electron chi connectivity index (χ2n) is 7.23. The van der Waals surface area contributed by atoms with Crippen LogP contribution in [0.2, 0.25) is 0 Å². The average Bonchev–Trinajstić information content (AvgIpc) is 3.28. The third-order valence-corrected chi connectivity index (χ3v) is 6.23. The van der Waals surface area contributed by atoms with Crippen LogP contribution in [0.15, 0.2) is 29.1 Å². The highest BCUT2D eigenvalue weighted by atomic mass is 32.1. The first kappa shape index (κ1) is 19.3. The molecule has 3 heterocycles. The standard InChI is InChI=1S/C21H21N3O4S/c1-11-6-8-14(9-7-11)22-18(25)13(3)28-21(27)17-12(2)16-19(29-17)23-15-5-4-10-24(15)20(16)26/h6-9,13H,4-5,10H2,1-3H3,(H,22,25)/t13-/m0/s1. The first-order chi connectivity index (χ1) is 13.8. The van der Waals surface area contributed by atoms with Gasteiger partial charge in [-0.1, -0.05) is 17.7 Å². The number of hydrogen-bond donors (Lipinski definition) is 1. The van der Waals surface area contributed by atoms with E-state index >= 15 is 0 Å². The maximum absolute atomic E-state index is 12.7. The first-order valence-electron chi connectivity index (χ1n) is 9.46. The van der Waals surface area contributed by atoms with E-state index in [0.29, 0.717) is 32.9 Å². The highest BCUT2D eigenvalue weighted by Gasteiger charge is 2.26. The number of carbonyl (C=O) groups excluding carboxylic acids is 2. The van der Waals surface area contributed by atoms with Crippen LogP contribution in [-0.4, -0.2) is 27.5 Å². The molecule has 1 N–H and O–H groups in total. The minimum absolute atomic E-state index is 0.111. The Hall–Kier alpha value is -3.00. The van der Waals surface area contributed by atoms with Gasteiger partial charge in [-0.05, 0) is 44.9 Å². The Balaban J connectivity index is 1.53. The summed E-state index contributed by atoms with van der Waals surface area (Å²) in [7, 11) is 0. The van der Waals surface area contributed by atoms with Gasteiger partial charge in [0.2, 0.25) is 0 Å². The maximum Gasteiger partial charge on any atom is 0.349 e. The van der Waals surface area contributed by atoms with Gasteiger partial charge in [0.1, 0.15) is 15.5 Å². The van der Waals surface area contributed by atoms with Crippen LogP contribution in [0.5, 0.6) is 0 Å². The monoisotopic (exact) mass is 411 g/mol. The lowest BCUT2D eigenvalue weighted by atomic mass is 10.2. The molecule has 0 aliphatic carbocycles. The van der Waals surface area contributed by atoms with Crippen molar-refractivity contribution in [2.45, 2.75) is 46.3 Å². The Morgan fingerprint density at radius 2 is 1.97 bits per heavy atom. The first-order valence-corrected chi connectivity index (χ1v) is 10.3. The highest BCUT2D eigenvalue weighted by molar-refractivity contribution is 7.20. The predicted octanol–water partition coefficient (Wildman–Crippen LogP) is 3.21. The molecule has 3 aromatic rings. The van der Waals surface area contributed by atoms with Crippen LogP contribution in [0.4, 0.5) is 5.69 Å². The van der Waals surface area contributed by atoms with Crippen LogP contribution in [0, 0.1) is 13.8 Å². The summed E-state index contributed by atoms with van der Waals surface area (Å²) in [6, 6.07) is 7.35. The molecule has 29 heavy (non-hydrogen) atoms. The molecule has 7 nitrogen and oxygen atoms in total. The van der Waals surface area contributed by atoms with Gasteiger partial charge in [0, 0.05) is 18.7 Å². The van der Waals surface area contributed by atoms with Gasteiger partial charge in [0.05, 0.1) is 5.39 Å². The lowest BCUT2D eigenvalue weighted by molar-refractivity contribution is -0.123. The predicted molar refractivity (Wildman–Crippen MR) is 112 cm³/mol. The normalized spacial score (nSPS) is 13.9. The maximum atomic E-state index is 12.7. The van der Waals surface area contributed by atoms with Crippen LogP contribution in [0.25, 0.3) is 10.2 Å². The lowest BCUT2D eigenvalue weighted by Gasteiger charge is -2.13. The van der Waals surface area contributed by atoms with E-state index in [4.69, 9.17) is 4.74 Å². The third-order valence-electron chi connectivity index (χ3n) is 5.07. The van der Waals surface area contributed by atoms with Crippen LogP contribution < -0.4 is 10.9 Å². The van der Waals surface area contributed by atoms with E-state index < -0.39 is 18.0 Å². The van der Waals surface area contributed by atoms with Crippen LogP contribution in [0.1, 0.15) is 40.0 Å². The summed E-state index contributed by atoms with van der Waals surface area (Å²) < 4.78 is 7.04. The van der Waals surface area contributed by atoms with E-state index in [1.807, 2.05) is 19.1 Å². The largest absolute Gasteiger partial charge is 0.448 e. The van der Waals surface area contributed by atoms with Crippen molar-refractivity contribution >= 4 is 39.1 Å². The number of fused-ring (bicyclic) bond motifs is 2. The van der Waals surface area contributed by atoms with Gasteiger partial charge in [-0.15, -0.1) is 11.3 Å². The molecular formula is C21H21N3O4S. The lowest BCUT2D eigenvalue weighted by Crippen LogP contribution is -2.30. The fraction of sp³-hybridized carbons (Fsp3) is 0.333. The molecular weight excluding hydrogens is 390 g/mol. The molecule has 0 saturated carbocycles. The van der Waals surface area contributed by atoms with E-state index in [9.17, 15) is 14.4 Å². The molecule has 2 aromatic heterocycles. The summed E-state index contributed by atoms with van der Waals surface area (Å²) in [6.45, 7) is 5.85. The molecule has 1 atom stereocenters. The van der Waals surface area contributed by atoms with Gasteiger partial charge in [-0.25, -0.2) is 9.78 Å². The molecule has 4 rings (SSSR count). The average molecular weight is 411 g/mol. The number of nitrogens with one attached hydrogen (secondary N) is 1. The number of ether oxygens (including phenoxy) is 1. The summed E-state index contributed by atoms with van der Waals surface area (Å²) in [5, 5.41) is 3.19. The van der Waals surface area contributed by atoms with Gasteiger partial charge < -0.3 is 10.1 Å². The summed E-state index contributed by atoms with van der Waals surface area (Å²) in [5.74, 6) is -0.283. The highest BCUT2D eigenvalue weighted by Crippen LogP contribution is 2.29. The number of amides is 1. The van der Waals surface area contributed by atoms with Crippen molar-refractivity contribution in [2.24, 2.45) is 0 Å². The van der Waals surface area contributed by atoms with Crippen molar-refractivity contribution < 1.29 is 14.3 Å². The fourth-order valence-electron chi connectivity index (χ4n) is 3.42. The zero-order valence-corrected chi connectivity index (χ0v) is 17.3. The van der Waals surface area contributed by atoms with Crippen LogP contribution >= 0.6 is 11.3 Å². The van der Waals surface area contributed by atoms with E-state index in [2.05, 4.69) is 10.3 Å². The number of anilines is 1. The minimum atomic E-state index is -0.979. The Morgan fingerprint density at radius 3 is 2.69 bits per heavy atom. The SMILES string of the molecule is Cc1ccc(NC(=O)[C@H](C)OC(=O)c2sc3nc4n(c(=O)c3c2C)CCC4)cc1. The Bertz CT molecular complexity index is 1180. The van der Waals surface area contributed by atoms with E-state index in [1.54, 1.807) is 23.6 Å².